The summed E-state index contributed by atoms with van der Waals surface area (Å²) < 4.78 is 7.93. The fourth-order valence-electron chi connectivity index (χ4n) is 3.24. The van der Waals surface area contributed by atoms with Gasteiger partial charge in [-0.15, -0.1) is 0 Å². The molecule has 0 fully saturated rings. The zero-order chi connectivity index (χ0) is 23.1. The number of carbonyl (C=O) groups excluding carboxylic acids is 1. The van der Waals surface area contributed by atoms with Crippen molar-refractivity contribution in [3.63, 3.8) is 0 Å². The zero-order valence-electron chi connectivity index (χ0n) is 18.3. The molecule has 1 atom stereocenters. The highest BCUT2D eigenvalue weighted by molar-refractivity contribution is 9.11. The van der Waals surface area contributed by atoms with Crippen molar-refractivity contribution in [2.75, 3.05) is 0 Å². The molecule has 32 heavy (non-hydrogen) atoms. The lowest BCUT2D eigenvalue weighted by atomic mass is 10.00. The van der Waals surface area contributed by atoms with E-state index >= 15 is 0 Å². The minimum absolute atomic E-state index is 0.191. The minimum atomic E-state index is -0.545. The second-order valence-corrected chi connectivity index (χ2v) is 10.1. The van der Waals surface area contributed by atoms with Gasteiger partial charge in [0, 0.05) is 26.5 Å². The lowest BCUT2D eigenvalue weighted by Gasteiger charge is -2.25. The van der Waals surface area contributed by atoms with E-state index in [1.54, 1.807) is 0 Å². The summed E-state index contributed by atoms with van der Waals surface area (Å²) in [7, 11) is 0. The van der Waals surface area contributed by atoms with Gasteiger partial charge in [-0.25, -0.2) is 4.79 Å². The summed E-state index contributed by atoms with van der Waals surface area (Å²) in [6, 6.07) is 25.4. The van der Waals surface area contributed by atoms with E-state index in [1.165, 1.54) is 0 Å². The Hall–Kier alpha value is -2.46. The Labute approximate surface area is 206 Å². The zero-order valence-corrected chi connectivity index (χ0v) is 21.5. The van der Waals surface area contributed by atoms with Crippen molar-refractivity contribution in [2.45, 2.75) is 38.8 Å². The van der Waals surface area contributed by atoms with Crippen molar-refractivity contribution in [1.29, 1.82) is 0 Å². The van der Waals surface area contributed by atoms with Crippen LogP contribution in [-0.2, 0) is 16.0 Å². The lowest BCUT2D eigenvalue weighted by Crippen LogP contribution is -2.26. The SMILES string of the molecule is CC(C)(C)OC(=C=O)C(Cc1ccc(Br)cc1Br)N=C(c1ccccc1)c1ccccc1. The van der Waals surface area contributed by atoms with Gasteiger partial charge in [0.2, 0.25) is 5.76 Å². The van der Waals surface area contributed by atoms with Gasteiger partial charge in [0.05, 0.1) is 5.71 Å². The maximum absolute atomic E-state index is 12.0. The van der Waals surface area contributed by atoms with Crippen LogP contribution in [0.25, 0.3) is 0 Å². The molecule has 0 amide bonds. The van der Waals surface area contributed by atoms with E-state index in [1.807, 2.05) is 106 Å². The molecule has 0 N–H and O–H groups in total. The van der Waals surface area contributed by atoms with Crippen molar-refractivity contribution in [1.82, 2.24) is 0 Å². The molecule has 0 aliphatic heterocycles. The smallest absolute Gasteiger partial charge is 0.205 e. The van der Waals surface area contributed by atoms with Gasteiger partial charge in [-0.2, -0.15) is 0 Å². The first-order chi connectivity index (χ1) is 15.3. The van der Waals surface area contributed by atoms with Crippen LogP contribution in [0.15, 0.2) is 98.6 Å². The molecular weight excluding hydrogens is 530 g/mol. The van der Waals surface area contributed by atoms with Gasteiger partial charge < -0.3 is 4.74 Å². The third-order valence-corrected chi connectivity index (χ3v) is 5.86. The number of hydrogen-bond acceptors (Lipinski definition) is 3. The van der Waals surface area contributed by atoms with Gasteiger partial charge in [0.25, 0.3) is 0 Å². The third kappa shape index (κ3) is 6.77. The van der Waals surface area contributed by atoms with E-state index in [0.29, 0.717) is 6.42 Å². The van der Waals surface area contributed by atoms with Crippen molar-refractivity contribution in [2.24, 2.45) is 4.99 Å². The van der Waals surface area contributed by atoms with E-state index < -0.39 is 11.6 Å². The van der Waals surface area contributed by atoms with Gasteiger partial charge in [0.15, 0.2) is 5.94 Å². The maximum atomic E-state index is 12.0. The largest absolute Gasteiger partial charge is 0.479 e. The Bertz CT molecular complexity index is 1090. The molecule has 0 bridgehead atoms. The number of nitrogens with zero attached hydrogens (tertiary/aromatic N) is 1. The van der Waals surface area contributed by atoms with Crippen LogP contribution in [-0.4, -0.2) is 23.3 Å². The standard InChI is InChI=1S/C27H25Br2NO2/c1-27(2,3)32-25(18-31)24(16-21-14-15-22(28)17-23(21)29)30-26(19-10-6-4-7-11-19)20-12-8-5-9-13-20/h4-15,17,24H,16H2,1-3H3. The van der Waals surface area contributed by atoms with Crippen LogP contribution in [0.2, 0.25) is 0 Å². The molecule has 0 radical (unpaired) electrons. The molecule has 0 spiro atoms. The number of benzene rings is 3. The Morgan fingerprint density at radius 3 is 1.97 bits per heavy atom. The summed E-state index contributed by atoms with van der Waals surface area (Å²) in [4.78, 5) is 17.1. The van der Waals surface area contributed by atoms with Gasteiger partial charge in [-0.3, -0.25) is 4.99 Å². The average molecular weight is 555 g/mol. The molecule has 0 aromatic heterocycles. The molecule has 3 aromatic rings. The van der Waals surface area contributed by atoms with Crippen LogP contribution >= 0.6 is 31.9 Å². The van der Waals surface area contributed by atoms with Gasteiger partial charge in [-0.1, -0.05) is 98.6 Å². The molecule has 0 aliphatic rings. The average Bonchev–Trinajstić information content (AvgIpc) is 2.77. The van der Waals surface area contributed by atoms with E-state index in [9.17, 15) is 4.79 Å². The Kier molecular flexibility index (Phi) is 8.25. The van der Waals surface area contributed by atoms with E-state index in [0.717, 1.165) is 31.3 Å². The first-order valence-corrected chi connectivity index (χ1v) is 11.9. The van der Waals surface area contributed by atoms with Crippen molar-refractivity contribution in [3.8, 4) is 0 Å². The predicted molar refractivity (Wildman–Crippen MR) is 138 cm³/mol. The molecule has 3 aromatic carbocycles. The van der Waals surface area contributed by atoms with Crippen LogP contribution in [0.3, 0.4) is 0 Å². The number of halogens is 2. The van der Waals surface area contributed by atoms with E-state index in [2.05, 4.69) is 31.9 Å². The summed E-state index contributed by atoms with van der Waals surface area (Å²) in [5.41, 5.74) is 3.22. The van der Waals surface area contributed by atoms with Gasteiger partial charge in [-0.05, 0) is 38.5 Å². The molecule has 1 unspecified atom stereocenters. The van der Waals surface area contributed by atoms with E-state index in [4.69, 9.17) is 9.73 Å². The predicted octanol–water partition coefficient (Wildman–Crippen LogP) is 7.19. The molecule has 0 aliphatic carbocycles. The maximum Gasteiger partial charge on any atom is 0.205 e. The molecule has 164 valence electrons. The van der Waals surface area contributed by atoms with Crippen LogP contribution in [0.4, 0.5) is 0 Å². The van der Waals surface area contributed by atoms with Gasteiger partial charge in [0.1, 0.15) is 11.6 Å². The molecule has 0 heterocycles. The Balaban J connectivity index is 2.14. The number of ether oxygens (including phenoxy) is 1. The quantitative estimate of drug-likeness (QED) is 0.176. The summed E-state index contributed by atoms with van der Waals surface area (Å²) in [5.74, 6) is 2.22. The highest BCUT2D eigenvalue weighted by atomic mass is 79.9. The molecule has 3 nitrogen and oxygen atoms in total. The number of rotatable bonds is 7. The van der Waals surface area contributed by atoms with Crippen LogP contribution < -0.4 is 0 Å². The third-order valence-electron chi connectivity index (χ3n) is 4.63. The minimum Gasteiger partial charge on any atom is -0.479 e. The van der Waals surface area contributed by atoms with Crippen molar-refractivity contribution in [3.05, 3.63) is 110 Å². The molecule has 0 saturated heterocycles. The first kappa shape index (κ1) is 24.2. The molecule has 3 rings (SSSR count). The number of hydrogen-bond donors (Lipinski definition) is 0. The summed E-state index contributed by atoms with van der Waals surface area (Å²) in [6.07, 6.45) is 0.484. The van der Waals surface area contributed by atoms with Crippen LogP contribution in [0, 0.1) is 0 Å². The highest BCUT2D eigenvalue weighted by Gasteiger charge is 2.25. The normalized spacial score (nSPS) is 11.9. The fourth-order valence-corrected chi connectivity index (χ4v) is 4.45. The summed E-state index contributed by atoms with van der Waals surface area (Å²) >= 11 is 7.13. The lowest BCUT2D eigenvalue weighted by molar-refractivity contribution is 0.0454. The van der Waals surface area contributed by atoms with Crippen LogP contribution in [0.5, 0.6) is 0 Å². The topological polar surface area (TPSA) is 38.7 Å². The summed E-state index contributed by atoms with van der Waals surface area (Å²) in [6.45, 7) is 5.74. The molecule has 0 saturated carbocycles. The van der Waals surface area contributed by atoms with E-state index in [-0.39, 0.29) is 5.76 Å². The molecular formula is C27H25Br2NO2. The van der Waals surface area contributed by atoms with Gasteiger partial charge >= 0.3 is 0 Å². The van der Waals surface area contributed by atoms with Crippen LogP contribution in [0.1, 0.15) is 37.5 Å². The second kappa shape index (κ2) is 10.9. The first-order valence-electron chi connectivity index (χ1n) is 10.3. The fraction of sp³-hybridized carbons (Fsp3) is 0.222. The Morgan fingerprint density at radius 2 is 1.50 bits per heavy atom. The van der Waals surface area contributed by atoms with Crippen molar-refractivity contribution < 1.29 is 9.53 Å². The number of aliphatic imine (C=N–C) groups is 1. The summed E-state index contributed by atoms with van der Waals surface area (Å²) in [5, 5.41) is 0. The highest BCUT2D eigenvalue weighted by Crippen LogP contribution is 2.27. The monoisotopic (exact) mass is 553 g/mol. The Morgan fingerprint density at radius 1 is 0.938 bits per heavy atom. The second-order valence-electron chi connectivity index (χ2n) is 8.35. The van der Waals surface area contributed by atoms with Crippen molar-refractivity contribution >= 4 is 43.5 Å². The molecule has 5 heteroatoms.